The van der Waals surface area contributed by atoms with Gasteiger partial charge >= 0.3 is 12.0 Å². The van der Waals surface area contributed by atoms with Crippen LogP contribution in [0.2, 0.25) is 0 Å². The van der Waals surface area contributed by atoms with Crippen molar-refractivity contribution in [3.8, 4) is 0 Å². The quantitative estimate of drug-likeness (QED) is 0.794. The standard InChI is InChI=1S/C13H25N3O3/c1-9(2)11(12(17)18)14-13(19)16-7-5-6-10(8-16)15(3)4/h9-11H,5-8H2,1-4H3,(H,14,19)(H,17,18)/t10?,11-/m0/s1. The van der Waals surface area contributed by atoms with E-state index in [1.807, 2.05) is 14.1 Å². The molecule has 2 N–H and O–H groups in total. The SMILES string of the molecule is CC(C)[C@H](NC(=O)N1CCCC(N(C)C)C1)C(=O)O. The molecule has 0 spiro atoms. The highest BCUT2D eigenvalue weighted by Crippen LogP contribution is 2.14. The van der Waals surface area contributed by atoms with Gasteiger partial charge in [0, 0.05) is 19.1 Å². The lowest BCUT2D eigenvalue weighted by Gasteiger charge is -2.36. The van der Waals surface area contributed by atoms with E-state index in [1.165, 1.54) is 0 Å². The van der Waals surface area contributed by atoms with Gasteiger partial charge in [-0.15, -0.1) is 0 Å². The highest BCUT2D eigenvalue weighted by atomic mass is 16.4. The van der Waals surface area contributed by atoms with Crippen LogP contribution in [-0.2, 0) is 4.79 Å². The smallest absolute Gasteiger partial charge is 0.326 e. The minimum absolute atomic E-state index is 0.129. The van der Waals surface area contributed by atoms with Gasteiger partial charge in [0.05, 0.1) is 0 Å². The molecular weight excluding hydrogens is 246 g/mol. The molecule has 1 aliphatic rings. The number of nitrogens with zero attached hydrogens (tertiary/aromatic N) is 2. The fourth-order valence-corrected chi connectivity index (χ4v) is 2.30. The van der Waals surface area contributed by atoms with Crippen LogP contribution in [0.3, 0.4) is 0 Å². The second-order valence-corrected chi connectivity index (χ2v) is 5.72. The number of hydrogen-bond acceptors (Lipinski definition) is 3. The summed E-state index contributed by atoms with van der Waals surface area (Å²) in [5.41, 5.74) is 0. The lowest BCUT2D eigenvalue weighted by molar-refractivity contribution is -0.140. The molecule has 2 amide bonds. The Labute approximate surface area is 114 Å². The summed E-state index contributed by atoms with van der Waals surface area (Å²) in [6.07, 6.45) is 2.03. The van der Waals surface area contributed by atoms with E-state index in [1.54, 1.807) is 18.7 Å². The molecule has 1 unspecified atom stereocenters. The maximum atomic E-state index is 12.1. The van der Waals surface area contributed by atoms with Crippen LogP contribution in [0.1, 0.15) is 26.7 Å². The molecule has 6 nitrogen and oxygen atoms in total. The van der Waals surface area contributed by atoms with Crippen molar-refractivity contribution in [2.75, 3.05) is 27.2 Å². The Bertz CT molecular complexity index is 331. The fraction of sp³-hybridized carbons (Fsp3) is 0.846. The zero-order chi connectivity index (χ0) is 14.6. The van der Waals surface area contributed by atoms with Gasteiger partial charge in [-0.25, -0.2) is 9.59 Å². The average molecular weight is 271 g/mol. The number of rotatable bonds is 4. The van der Waals surface area contributed by atoms with Gasteiger partial charge in [-0.2, -0.15) is 0 Å². The van der Waals surface area contributed by atoms with Gasteiger partial charge in [-0.05, 0) is 32.9 Å². The Hall–Kier alpha value is -1.30. The van der Waals surface area contributed by atoms with Gasteiger partial charge in [0.15, 0.2) is 0 Å². The topological polar surface area (TPSA) is 72.9 Å². The van der Waals surface area contributed by atoms with Gasteiger partial charge < -0.3 is 20.2 Å². The van der Waals surface area contributed by atoms with E-state index in [9.17, 15) is 9.59 Å². The molecule has 19 heavy (non-hydrogen) atoms. The molecule has 0 radical (unpaired) electrons. The molecule has 110 valence electrons. The molecule has 0 aromatic rings. The van der Waals surface area contributed by atoms with E-state index in [0.717, 1.165) is 12.8 Å². The van der Waals surface area contributed by atoms with Gasteiger partial charge in [-0.1, -0.05) is 13.8 Å². The highest BCUT2D eigenvalue weighted by Gasteiger charge is 2.29. The number of amides is 2. The Morgan fingerprint density at radius 3 is 2.47 bits per heavy atom. The first-order valence-electron chi connectivity index (χ1n) is 6.77. The van der Waals surface area contributed by atoms with Gasteiger partial charge in [-0.3, -0.25) is 0 Å². The third-order valence-corrected chi connectivity index (χ3v) is 3.63. The summed E-state index contributed by atoms with van der Waals surface area (Å²) in [7, 11) is 4.00. The molecule has 6 heteroatoms. The molecule has 1 heterocycles. The van der Waals surface area contributed by atoms with E-state index >= 15 is 0 Å². The number of hydrogen-bond donors (Lipinski definition) is 2. The maximum absolute atomic E-state index is 12.1. The second-order valence-electron chi connectivity index (χ2n) is 5.72. The van der Waals surface area contributed by atoms with Crippen LogP contribution in [-0.4, -0.2) is 66.2 Å². The molecule has 1 aliphatic heterocycles. The largest absolute Gasteiger partial charge is 0.480 e. The van der Waals surface area contributed by atoms with E-state index in [-0.39, 0.29) is 11.9 Å². The first kappa shape index (κ1) is 15.8. The highest BCUT2D eigenvalue weighted by molar-refractivity contribution is 5.82. The minimum Gasteiger partial charge on any atom is -0.480 e. The molecule has 2 atom stereocenters. The predicted molar refractivity (Wildman–Crippen MR) is 73.1 cm³/mol. The average Bonchev–Trinajstić information content (AvgIpc) is 2.34. The molecule has 0 aromatic carbocycles. The fourth-order valence-electron chi connectivity index (χ4n) is 2.30. The summed E-state index contributed by atoms with van der Waals surface area (Å²) >= 11 is 0. The van der Waals surface area contributed by atoms with Crippen LogP contribution in [0.4, 0.5) is 4.79 Å². The number of carbonyl (C=O) groups excluding carboxylic acids is 1. The second kappa shape index (κ2) is 6.75. The van der Waals surface area contributed by atoms with Crippen molar-refractivity contribution in [2.45, 2.75) is 38.8 Å². The van der Waals surface area contributed by atoms with Crippen LogP contribution in [0.15, 0.2) is 0 Å². The monoisotopic (exact) mass is 271 g/mol. The molecule has 1 fully saturated rings. The van der Waals surface area contributed by atoms with Crippen molar-refractivity contribution in [1.29, 1.82) is 0 Å². The van der Waals surface area contributed by atoms with Crippen molar-refractivity contribution in [2.24, 2.45) is 5.92 Å². The number of carboxylic acid groups (broad SMARTS) is 1. The molecule has 0 saturated carbocycles. The molecule has 1 saturated heterocycles. The van der Waals surface area contributed by atoms with Crippen molar-refractivity contribution in [3.05, 3.63) is 0 Å². The lowest BCUT2D eigenvalue weighted by Crippen LogP contribution is -2.54. The Kier molecular flexibility index (Phi) is 5.60. The zero-order valence-electron chi connectivity index (χ0n) is 12.2. The van der Waals surface area contributed by atoms with E-state index in [2.05, 4.69) is 10.2 Å². The maximum Gasteiger partial charge on any atom is 0.326 e. The molecule has 0 aliphatic carbocycles. The van der Waals surface area contributed by atoms with Gasteiger partial charge in [0.25, 0.3) is 0 Å². The van der Waals surface area contributed by atoms with Crippen LogP contribution in [0.25, 0.3) is 0 Å². The number of urea groups is 1. The van der Waals surface area contributed by atoms with Crippen LogP contribution < -0.4 is 5.32 Å². The number of carbonyl (C=O) groups is 2. The van der Waals surface area contributed by atoms with Gasteiger partial charge in [0.1, 0.15) is 6.04 Å². The summed E-state index contributed by atoms with van der Waals surface area (Å²) in [4.78, 5) is 27.0. The lowest BCUT2D eigenvalue weighted by atomic mass is 10.0. The summed E-state index contributed by atoms with van der Waals surface area (Å²) in [5, 5.41) is 11.7. The third-order valence-electron chi connectivity index (χ3n) is 3.63. The van der Waals surface area contributed by atoms with Crippen LogP contribution >= 0.6 is 0 Å². The normalized spacial score (nSPS) is 21.6. The first-order valence-corrected chi connectivity index (χ1v) is 6.77. The summed E-state index contributed by atoms with van der Waals surface area (Å²) in [6.45, 7) is 4.93. The number of likely N-dealkylation sites (N-methyl/N-ethyl adjacent to an activating group) is 1. The zero-order valence-corrected chi connectivity index (χ0v) is 12.2. The molecule has 1 rings (SSSR count). The number of likely N-dealkylation sites (tertiary alicyclic amines) is 1. The van der Waals surface area contributed by atoms with Gasteiger partial charge in [0.2, 0.25) is 0 Å². The number of nitrogens with one attached hydrogen (secondary N) is 1. The number of piperidine rings is 1. The Morgan fingerprint density at radius 1 is 1.37 bits per heavy atom. The molecule has 0 bridgehead atoms. The van der Waals surface area contributed by atoms with E-state index < -0.39 is 12.0 Å². The summed E-state index contributed by atoms with van der Waals surface area (Å²) in [6, 6.07) is -0.748. The Balaban J connectivity index is 2.59. The van der Waals surface area contributed by atoms with Crippen molar-refractivity contribution < 1.29 is 14.7 Å². The van der Waals surface area contributed by atoms with Crippen molar-refractivity contribution >= 4 is 12.0 Å². The number of carboxylic acids is 1. The first-order chi connectivity index (χ1) is 8.82. The van der Waals surface area contributed by atoms with E-state index in [4.69, 9.17) is 5.11 Å². The molecule has 0 aromatic heterocycles. The van der Waals surface area contributed by atoms with Crippen molar-refractivity contribution in [1.82, 2.24) is 15.1 Å². The van der Waals surface area contributed by atoms with Crippen LogP contribution in [0.5, 0.6) is 0 Å². The minimum atomic E-state index is -0.982. The summed E-state index contributed by atoms with van der Waals surface area (Å²) < 4.78 is 0. The summed E-state index contributed by atoms with van der Waals surface area (Å²) in [5.74, 6) is -1.11. The number of aliphatic carboxylic acids is 1. The predicted octanol–water partition coefficient (Wildman–Crippen LogP) is 0.831. The van der Waals surface area contributed by atoms with E-state index in [0.29, 0.717) is 19.1 Å². The molecular formula is C13H25N3O3. The van der Waals surface area contributed by atoms with Crippen molar-refractivity contribution in [3.63, 3.8) is 0 Å². The van der Waals surface area contributed by atoms with Crippen LogP contribution in [0, 0.1) is 5.92 Å². The Morgan fingerprint density at radius 2 is 2.00 bits per heavy atom. The third kappa shape index (κ3) is 4.38.